The van der Waals surface area contributed by atoms with Gasteiger partial charge in [-0.25, -0.2) is 23.4 Å². The molecule has 1 aromatic carbocycles. The van der Waals surface area contributed by atoms with Gasteiger partial charge < -0.3 is 4.57 Å². The van der Waals surface area contributed by atoms with Crippen LogP contribution in [0.15, 0.2) is 46.8 Å². The Balaban J connectivity index is 1.90. The normalized spacial score (nSPS) is 24.8. The molecule has 0 saturated heterocycles. The lowest BCUT2D eigenvalue weighted by Gasteiger charge is -2.25. The second-order valence-corrected chi connectivity index (χ2v) is 8.16. The number of aromatic nitrogens is 4. The molecule has 6 nitrogen and oxygen atoms in total. The minimum absolute atomic E-state index is 0.189. The van der Waals surface area contributed by atoms with Gasteiger partial charge in [0.1, 0.15) is 16.9 Å². The van der Waals surface area contributed by atoms with Gasteiger partial charge in [-0.3, -0.25) is 0 Å². The maximum Gasteiger partial charge on any atom is 0.201 e. The zero-order chi connectivity index (χ0) is 14.2. The number of hydrogen-bond acceptors (Lipinski definition) is 6. The zero-order valence-corrected chi connectivity index (χ0v) is 12.2. The molecular weight excluding hydrogens is 308 g/mol. The van der Waals surface area contributed by atoms with E-state index < -0.39 is 15.2 Å². The summed E-state index contributed by atoms with van der Waals surface area (Å²) in [6, 6.07) is 7.18. The van der Waals surface area contributed by atoms with E-state index >= 15 is 0 Å². The summed E-state index contributed by atoms with van der Waals surface area (Å²) >= 11 is 1.48. The Morgan fingerprint density at radius 3 is 2.90 bits per heavy atom. The molecule has 0 amide bonds. The Morgan fingerprint density at radius 2 is 2.00 bits per heavy atom. The Kier molecular flexibility index (Phi) is 2.02. The molecule has 0 bridgehead atoms. The molecule has 5 rings (SSSR count). The van der Waals surface area contributed by atoms with Crippen LogP contribution in [0, 0.1) is 0 Å². The summed E-state index contributed by atoms with van der Waals surface area (Å²) in [6.07, 6.45) is 3.03. The molecule has 3 aromatic rings. The molecular formula is C13H8N4O2S2. The molecule has 8 heteroatoms. The number of imidazole rings is 1. The summed E-state index contributed by atoms with van der Waals surface area (Å²) in [5.74, 6) is 0. The predicted octanol–water partition coefficient (Wildman–Crippen LogP) is 1.96. The highest BCUT2D eigenvalue weighted by Gasteiger charge is 2.49. The Hall–Kier alpha value is -1.93. The van der Waals surface area contributed by atoms with E-state index in [9.17, 15) is 8.42 Å². The number of rotatable bonds is 0. The van der Waals surface area contributed by atoms with Crippen molar-refractivity contribution < 1.29 is 8.42 Å². The van der Waals surface area contributed by atoms with E-state index in [1.165, 1.54) is 18.1 Å². The van der Waals surface area contributed by atoms with Crippen LogP contribution in [-0.2, 0) is 9.84 Å². The van der Waals surface area contributed by atoms with Gasteiger partial charge >= 0.3 is 0 Å². The first-order valence-corrected chi connectivity index (χ1v) is 8.77. The molecule has 104 valence electrons. The number of thioether (sulfide) groups is 1. The quantitative estimate of drug-likeness (QED) is 0.590. The van der Waals surface area contributed by atoms with Gasteiger partial charge in [0.2, 0.25) is 9.84 Å². The summed E-state index contributed by atoms with van der Waals surface area (Å²) in [7, 11) is -3.42. The molecule has 2 aliphatic heterocycles. The molecule has 21 heavy (non-hydrogen) atoms. The van der Waals surface area contributed by atoms with Crippen LogP contribution in [0.2, 0.25) is 0 Å². The fraction of sp³-hybridized carbons (Fsp3) is 0.154. The number of hydrogen-bond donors (Lipinski definition) is 0. The van der Waals surface area contributed by atoms with Crippen molar-refractivity contribution in [2.45, 2.75) is 20.5 Å². The third kappa shape index (κ3) is 1.29. The molecule has 0 radical (unpaired) electrons. The van der Waals surface area contributed by atoms with Gasteiger partial charge in [0.25, 0.3) is 0 Å². The maximum atomic E-state index is 12.9. The standard InChI is InChI=1S/C13H8N4O2S2/c18-21(19)8-4-2-1-3-7(8)10-13(21)17-6-16-11-9(17)12(20-10)15-5-14-11/h1-6,10,13H. The van der Waals surface area contributed by atoms with E-state index in [2.05, 4.69) is 15.0 Å². The smallest absolute Gasteiger partial charge is 0.201 e. The first-order chi connectivity index (χ1) is 10.2. The third-order valence-corrected chi connectivity index (χ3v) is 7.53. The summed E-state index contributed by atoms with van der Waals surface area (Å²) in [4.78, 5) is 13.0. The fourth-order valence-corrected chi connectivity index (χ4v) is 6.99. The van der Waals surface area contributed by atoms with Gasteiger partial charge in [-0.1, -0.05) is 30.0 Å². The van der Waals surface area contributed by atoms with Crippen LogP contribution < -0.4 is 0 Å². The number of nitrogens with zero attached hydrogens (tertiary/aromatic N) is 4. The second-order valence-electron chi connectivity index (χ2n) is 5.01. The summed E-state index contributed by atoms with van der Waals surface area (Å²) < 4.78 is 27.4. The van der Waals surface area contributed by atoms with Crippen molar-refractivity contribution in [3.8, 4) is 0 Å². The predicted molar refractivity (Wildman–Crippen MR) is 76.6 cm³/mol. The van der Waals surface area contributed by atoms with Crippen LogP contribution in [0.3, 0.4) is 0 Å². The third-order valence-electron chi connectivity index (χ3n) is 3.95. The van der Waals surface area contributed by atoms with Crippen molar-refractivity contribution in [2.75, 3.05) is 0 Å². The van der Waals surface area contributed by atoms with Crippen molar-refractivity contribution in [1.82, 2.24) is 19.5 Å². The van der Waals surface area contributed by atoms with E-state index in [1.807, 2.05) is 12.1 Å². The molecule has 0 fully saturated rings. The van der Waals surface area contributed by atoms with Gasteiger partial charge in [0.15, 0.2) is 11.0 Å². The second kappa shape index (κ2) is 3.63. The molecule has 2 atom stereocenters. The number of benzene rings is 1. The zero-order valence-electron chi connectivity index (χ0n) is 10.5. The monoisotopic (exact) mass is 316 g/mol. The first kappa shape index (κ1) is 11.7. The molecule has 2 aliphatic rings. The van der Waals surface area contributed by atoms with Crippen LogP contribution >= 0.6 is 11.8 Å². The molecule has 0 saturated carbocycles. The molecule has 0 aliphatic carbocycles. The van der Waals surface area contributed by atoms with Gasteiger partial charge in [0.05, 0.1) is 16.5 Å². The topological polar surface area (TPSA) is 77.7 Å². The van der Waals surface area contributed by atoms with Crippen molar-refractivity contribution in [1.29, 1.82) is 0 Å². The van der Waals surface area contributed by atoms with Crippen LogP contribution in [0.1, 0.15) is 16.2 Å². The Morgan fingerprint density at radius 1 is 1.14 bits per heavy atom. The molecule has 4 heterocycles. The lowest BCUT2D eigenvalue weighted by atomic mass is 10.1. The summed E-state index contributed by atoms with van der Waals surface area (Å²) in [6.45, 7) is 0. The maximum absolute atomic E-state index is 12.9. The van der Waals surface area contributed by atoms with Gasteiger partial charge in [-0.2, -0.15) is 0 Å². The van der Waals surface area contributed by atoms with E-state index in [0.29, 0.717) is 16.1 Å². The van der Waals surface area contributed by atoms with Crippen molar-refractivity contribution in [2.24, 2.45) is 0 Å². The minimum Gasteiger partial charge on any atom is -0.307 e. The fourth-order valence-electron chi connectivity index (χ4n) is 3.09. The van der Waals surface area contributed by atoms with E-state index in [1.54, 1.807) is 23.0 Å². The van der Waals surface area contributed by atoms with Crippen molar-refractivity contribution in [3.05, 3.63) is 42.5 Å². The SMILES string of the molecule is O=S1(=O)c2ccccc2C2Sc3ncnc4ncn(c34)C21. The van der Waals surface area contributed by atoms with Crippen LogP contribution in [0.4, 0.5) is 0 Å². The number of fused-ring (bicyclic) bond motifs is 4. The number of sulfone groups is 1. The molecule has 2 unspecified atom stereocenters. The molecule has 0 N–H and O–H groups in total. The summed E-state index contributed by atoms with van der Waals surface area (Å²) in [5.41, 5.74) is 2.09. The van der Waals surface area contributed by atoms with Crippen molar-refractivity contribution >= 4 is 32.8 Å². The van der Waals surface area contributed by atoms with Gasteiger partial charge in [-0.15, -0.1) is 0 Å². The lowest BCUT2D eigenvalue weighted by molar-refractivity contribution is 0.556. The van der Waals surface area contributed by atoms with Crippen LogP contribution in [0.25, 0.3) is 11.2 Å². The van der Waals surface area contributed by atoms with Gasteiger partial charge in [0, 0.05) is 0 Å². The average molecular weight is 316 g/mol. The minimum atomic E-state index is -3.42. The summed E-state index contributed by atoms with van der Waals surface area (Å²) in [5, 5.41) is -0.0694. The highest BCUT2D eigenvalue weighted by Crippen LogP contribution is 2.57. The Labute approximate surface area is 124 Å². The van der Waals surface area contributed by atoms with Crippen LogP contribution in [0.5, 0.6) is 0 Å². The highest BCUT2D eigenvalue weighted by atomic mass is 32.2. The Bertz CT molecular complexity index is 1010. The van der Waals surface area contributed by atoms with E-state index in [-0.39, 0.29) is 5.25 Å². The van der Waals surface area contributed by atoms with E-state index in [4.69, 9.17) is 0 Å². The van der Waals surface area contributed by atoms with Crippen molar-refractivity contribution in [3.63, 3.8) is 0 Å². The van der Waals surface area contributed by atoms with Crippen LogP contribution in [-0.4, -0.2) is 27.9 Å². The van der Waals surface area contributed by atoms with E-state index in [0.717, 1.165) is 10.6 Å². The molecule has 0 spiro atoms. The lowest BCUT2D eigenvalue weighted by Crippen LogP contribution is -2.21. The largest absolute Gasteiger partial charge is 0.307 e. The average Bonchev–Trinajstić information content (AvgIpc) is 3.01. The molecule has 2 aromatic heterocycles. The highest BCUT2D eigenvalue weighted by molar-refractivity contribution is 8.01. The van der Waals surface area contributed by atoms with Gasteiger partial charge in [-0.05, 0) is 11.6 Å². The first-order valence-electron chi connectivity index (χ1n) is 6.35.